The van der Waals surface area contributed by atoms with Crippen LogP contribution < -0.4 is 5.32 Å². The second-order valence-electron chi connectivity index (χ2n) is 3.12. The van der Waals surface area contributed by atoms with Gasteiger partial charge in [-0.05, 0) is 23.8 Å². The molecule has 0 aliphatic carbocycles. The van der Waals surface area contributed by atoms with Crippen LogP contribution in [0.5, 0.6) is 0 Å². The number of carboxylic acids is 1. The normalized spacial score (nSPS) is 9.88. The van der Waals surface area contributed by atoms with Gasteiger partial charge in [-0.25, -0.2) is 0 Å². The van der Waals surface area contributed by atoms with Gasteiger partial charge >= 0.3 is 5.97 Å². The Morgan fingerprint density at radius 2 is 1.75 bits per heavy atom. The molecule has 6 heteroatoms. The van der Waals surface area contributed by atoms with Crippen LogP contribution in [0.4, 0.5) is 0 Å². The summed E-state index contributed by atoms with van der Waals surface area (Å²) in [7, 11) is 0. The number of hydrogen-bond acceptors (Lipinski definition) is 2. The van der Waals surface area contributed by atoms with E-state index in [1.165, 1.54) is 0 Å². The highest BCUT2D eigenvalue weighted by Crippen LogP contribution is 2.18. The van der Waals surface area contributed by atoms with Crippen LogP contribution in [0, 0.1) is 0 Å². The van der Waals surface area contributed by atoms with Crippen molar-refractivity contribution in [1.82, 2.24) is 5.32 Å². The van der Waals surface area contributed by atoms with Crippen molar-refractivity contribution in [2.75, 3.05) is 0 Å². The van der Waals surface area contributed by atoms with Crippen molar-refractivity contribution in [1.29, 1.82) is 0 Å². The highest BCUT2D eigenvalue weighted by molar-refractivity contribution is 6.34. The molecule has 0 radical (unpaired) electrons. The fourth-order valence-electron chi connectivity index (χ4n) is 1.11. The van der Waals surface area contributed by atoms with Gasteiger partial charge in [-0.3, -0.25) is 9.59 Å². The molecule has 0 atom stereocenters. The Bertz CT molecular complexity index is 400. The van der Waals surface area contributed by atoms with Gasteiger partial charge in [-0.2, -0.15) is 0 Å². The summed E-state index contributed by atoms with van der Waals surface area (Å²) in [6, 6.07) is 4.87. The maximum absolute atomic E-state index is 11.0. The lowest BCUT2D eigenvalue weighted by Gasteiger charge is -2.04. The van der Waals surface area contributed by atoms with Crippen molar-refractivity contribution in [2.45, 2.75) is 13.0 Å². The van der Waals surface area contributed by atoms with E-state index in [9.17, 15) is 9.59 Å². The molecule has 0 saturated carbocycles. The van der Waals surface area contributed by atoms with E-state index in [1.807, 2.05) is 0 Å². The first-order valence-electron chi connectivity index (χ1n) is 4.41. The second-order valence-corrected chi connectivity index (χ2v) is 4.00. The van der Waals surface area contributed by atoms with Crippen LogP contribution in [0.2, 0.25) is 10.0 Å². The zero-order chi connectivity index (χ0) is 12.1. The minimum Gasteiger partial charge on any atom is -0.481 e. The smallest absolute Gasteiger partial charge is 0.312 e. The molecule has 16 heavy (non-hydrogen) atoms. The fourth-order valence-corrected chi connectivity index (χ4v) is 1.68. The van der Waals surface area contributed by atoms with E-state index in [4.69, 9.17) is 28.3 Å². The molecule has 0 spiro atoms. The van der Waals surface area contributed by atoms with Gasteiger partial charge in [0.1, 0.15) is 6.42 Å². The first-order valence-corrected chi connectivity index (χ1v) is 5.16. The van der Waals surface area contributed by atoms with Crippen LogP contribution in [0.3, 0.4) is 0 Å². The fraction of sp³-hybridized carbons (Fsp3) is 0.200. The average molecular weight is 262 g/mol. The van der Waals surface area contributed by atoms with Crippen LogP contribution in [-0.4, -0.2) is 17.0 Å². The number of aliphatic carboxylic acids is 1. The lowest BCUT2D eigenvalue weighted by atomic mass is 10.2. The third-order valence-corrected chi connectivity index (χ3v) is 2.16. The molecule has 86 valence electrons. The molecular weight excluding hydrogens is 253 g/mol. The molecule has 1 amide bonds. The predicted molar refractivity (Wildman–Crippen MR) is 60.6 cm³/mol. The summed E-state index contributed by atoms with van der Waals surface area (Å²) in [4.78, 5) is 21.3. The Morgan fingerprint density at radius 3 is 2.25 bits per heavy atom. The monoisotopic (exact) mass is 261 g/mol. The van der Waals surface area contributed by atoms with Crippen LogP contribution >= 0.6 is 23.2 Å². The van der Waals surface area contributed by atoms with E-state index in [0.717, 1.165) is 5.56 Å². The Balaban J connectivity index is 2.54. The van der Waals surface area contributed by atoms with E-state index in [2.05, 4.69) is 5.32 Å². The molecule has 0 saturated heterocycles. The van der Waals surface area contributed by atoms with Gasteiger partial charge in [0.25, 0.3) is 0 Å². The van der Waals surface area contributed by atoms with Gasteiger partial charge in [0.05, 0.1) is 0 Å². The standard InChI is InChI=1S/C10H9Cl2NO3/c11-7-1-6(2-8(12)3-7)5-13-9(14)4-10(15)16/h1-3H,4-5H2,(H,13,14)(H,15,16). The molecule has 1 rings (SSSR count). The number of carbonyl (C=O) groups is 2. The van der Waals surface area contributed by atoms with Crippen LogP contribution in [-0.2, 0) is 16.1 Å². The minimum absolute atomic E-state index is 0.201. The molecule has 1 aromatic carbocycles. The highest BCUT2D eigenvalue weighted by atomic mass is 35.5. The minimum atomic E-state index is -1.17. The van der Waals surface area contributed by atoms with Gasteiger partial charge in [-0.1, -0.05) is 23.2 Å². The van der Waals surface area contributed by atoms with E-state index >= 15 is 0 Å². The maximum atomic E-state index is 11.0. The summed E-state index contributed by atoms with van der Waals surface area (Å²) in [5, 5.41) is 11.7. The topological polar surface area (TPSA) is 66.4 Å². The van der Waals surface area contributed by atoms with Gasteiger partial charge < -0.3 is 10.4 Å². The van der Waals surface area contributed by atoms with Crippen molar-refractivity contribution in [3.05, 3.63) is 33.8 Å². The summed E-state index contributed by atoms with van der Waals surface area (Å²) >= 11 is 11.5. The number of carboxylic acid groups (broad SMARTS) is 1. The zero-order valence-electron chi connectivity index (χ0n) is 8.17. The van der Waals surface area contributed by atoms with E-state index in [1.54, 1.807) is 18.2 Å². The van der Waals surface area contributed by atoms with Crippen molar-refractivity contribution >= 4 is 35.1 Å². The Labute approximate surface area is 102 Å². The lowest BCUT2D eigenvalue weighted by Crippen LogP contribution is -2.25. The summed E-state index contributed by atoms with van der Waals surface area (Å²) in [6.45, 7) is 0.201. The molecule has 0 bridgehead atoms. The molecule has 1 aromatic rings. The summed E-state index contributed by atoms with van der Waals surface area (Å²) in [5.41, 5.74) is 0.719. The zero-order valence-corrected chi connectivity index (χ0v) is 9.68. The van der Waals surface area contributed by atoms with Crippen molar-refractivity contribution < 1.29 is 14.7 Å². The van der Waals surface area contributed by atoms with E-state index < -0.39 is 18.3 Å². The molecule has 0 unspecified atom stereocenters. The van der Waals surface area contributed by atoms with Crippen LogP contribution in [0.25, 0.3) is 0 Å². The Morgan fingerprint density at radius 1 is 1.19 bits per heavy atom. The average Bonchev–Trinajstić information content (AvgIpc) is 2.12. The molecule has 0 aliphatic heterocycles. The number of carbonyl (C=O) groups excluding carboxylic acids is 1. The summed E-state index contributed by atoms with van der Waals surface area (Å²) in [6.07, 6.45) is -0.547. The quantitative estimate of drug-likeness (QED) is 0.816. The first-order chi connectivity index (χ1) is 7.47. The Kier molecular flexibility index (Phi) is 4.58. The molecule has 0 fully saturated rings. The van der Waals surface area contributed by atoms with Crippen molar-refractivity contribution in [3.8, 4) is 0 Å². The van der Waals surface area contributed by atoms with Gasteiger partial charge in [0, 0.05) is 16.6 Å². The van der Waals surface area contributed by atoms with Crippen molar-refractivity contribution in [3.63, 3.8) is 0 Å². The summed E-state index contributed by atoms with van der Waals surface area (Å²) < 4.78 is 0. The van der Waals surface area contributed by atoms with Crippen LogP contribution in [0.1, 0.15) is 12.0 Å². The van der Waals surface area contributed by atoms with Crippen molar-refractivity contribution in [2.24, 2.45) is 0 Å². The second kappa shape index (κ2) is 5.72. The van der Waals surface area contributed by atoms with Gasteiger partial charge in [-0.15, -0.1) is 0 Å². The van der Waals surface area contributed by atoms with E-state index in [-0.39, 0.29) is 6.54 Å². The molecule has 0 aliphatic rings. The van der Waals surface area contributed by atoms with Gasteiger partial charge in [0.2, 0.25) is 5.91 Å². The predicted octanol–water partition coefficient (Wildman–Crippen LogP) is 2.08. The number of hydrogen-bond donors (Lipinski definition) is 2. The summed E-state index contributed by atoms with van der Waals surface area (Å²) in [5.74, 6) is -1.72. The Hall–Kier alpha value is -1.26. The maximum Gasteiger partial charge on any atom is 0.312 e. The highest BCUT2D eigenvalue weighted by Gasteiger charge is 2.07. The SMILES string of the molecule is O=C(O)CC(=O)NCc1cc(Cl)cc(Cl)c1. The third-order valence-electron chi connectivity index (χ3n) is 1.72. The number of halogens is 2. The molecule has 0 aromatic heterocycles. The first kappa shape index (κ1) is 12.8. The number of nitrogens with one attached hydrogen (secondary N) is 1. The number of benzene rings is 1. The number of amides is 1. The third kappa shape index (κ3) is 4.51. The van der Waals surface area contributed by atoms with Gasteiger partial charge in [0.15, 0.2) is 0 Å². The van der Waals surface area contributed by atoms with Crippen LogP contribution in [0.15, 0.2) is 18.2 Å². The molecular formula is C10H9Cl2NO3. The lowest BCUT2D eigenvalue weighted by molar-refractivity contribution is -0.140. The molecule has 2 N–H and O–H groups in total. The number of rotatable bonds is 4. The molecule has 0 heterocycles. The molecule has 4 nitrogen and oxygen atoms in total. The van der Waals surface area contributed by atoms with E-state index in [0.29, 0.717) is 10.0 Å². The largest absolute Gasteiger partial charge is 0.481 e.